The normalized spacial score (nSPS) is 14.8. The van der Waals surface area contributed by atoms with E-state index in [1.165, 1.54) is 18.2 Å². The zero-order chi connectivity index (χ0) is 12.1. The molecule has 90 valence electrons. The van der Waals surface area contributed by atoms with Crippen molar-refractivity contribution in [1.29, 1.82) is 0 Å². The van der Waals surface area contributed by atoms with E-state index >= 15 is 0 Å². The highest BCUT2D eigenvalue weighted by molar-refractivity contribution is 6.31. The van der Waals surface area contributed by atoms with Crippen LogP contribution in [0, 0.1) is 5.82 Å². The highest BCUT2D eigenvalue weighted by atomic mass is 35.5. The lowest BCUT2D eigenvalue weighted by molar-refractivity contribution is 0.0565. The van der Waals surface area contributed by atoms with Crippen molar-refractivity contribution in [3.63, 3.8) is 0 Å². The Bertz CT molecular complexity index is 344. The van der Waals surface area contributed by atoms with Crippen LogP contribution in [-0.2, 0) is 11.2 Å². The van der Waals surface area contributed by atoms with E-state index in [1.807, 2.05) is 6.92 Å². The number of aliphatic hydroxyl groups is 1. The van der Waals surface area contributed by atoms with Crippen LogP contribution >= 0.6 is 11.6 Å². The molecule has 2 unspecified atom stereocenters. The molecule has 0 fully saturated rings. The van der Waals surface area contributed by atoms with E-state index in [0.29, 0.717) is 23.4 Å². The molecule has 0 aliphatic carbocycles. The van der Waals surface area contributed by atoms with Crippen molar-refractivity contribution in [3.05, 3.63) is 34.6 Å². The number of rotatable bonds is 5. The van der Waals surface area contributed by atoms with Crippen molar-refractivity contribution in [2.45, 2.75) is 32.0 Å². The SMILES string of the molecule is COC(C)CC(O)Cc1cc(F)ccc1Cl. The fraction of sp³-hybridized carbons (Fsp3) is 0.500. The molecule has 0 amide bonds. The zero-order valence-corrected chi connectivity index (χ0v) is 10.2. The van der Waals surface area contributed by atoms with Crippen LogP contribution < -0.4 is 0 Å². The Morgan fingerprint density at radius 1 is 1.50 bits per heavy atom. The van der Waals surface area contributed by atoms with E-state index in [9.17, 15) is 9.50 Å². The molecule has 0 radical (unpaired) electrons. The van der Waals surface area contributed by atoms with Crippen LogP contribution in [0.25, 0.3) is 0 Å². The number of hydrogen-bond acceptors (Lipinski definition) is 2. The largest absolute Gasteiger partial charge is 0.393 e. The molecule has 1 rings (SSSR count). The zero-order valence-electron chi connectivity index (χ0n) is 9.41. The van der Waals surface area contributed by atoms with E-state index in [1.54, 1.807) is 7.11 Å². The molecule has 0 saturated heterocycles. The van der Waals surface area contributed by atoms with Crippen molar-refractivity contribution >= 4 is 11.6 Å². The minimum atomic E-state index is -0.575. The monoisotopic (exact) mass is 246 g/mol. The molecule has 0 aromatic heterocycles. The van der Waals surface area contributed by atoms with Crippen molar-refractivity contribution < 1.29 is 14.2 Å². The molecule has 1 aromatic rings. The number of methoxy groups -OCH3 is 1. The predicted molar refractivity (Wildman–Crippen MR) is 62.2 cm³/mol. The van der Waals surface area contributed by atoms with E-state index < -0.39 is 6.10 Å². The van der Waals surface area contributed by atoms with Gasteiger partial charge in [-0.3, -0.25) is 0 Å². The second-order valence-electron chi connectivity index (χ2n) is 3.88. The minimum Gasteiger partial charge on any atom is -0.393 e. The summed E-state index contributed by atoms with van der Waals surface area (Å²) in [4.78, 5) is 0. The Labute approximate surface area is 100.0 Å². The Balaban J connectivity index is 2.61. The smallest absolute Gasteiger partial charge is 0.123 e. The van der Waals surface area contributed by atoms with Crippen LogP contribution in [0.1, 0.15) is 18.9 Å². The van der Waals surface area contributed by atoms with Gasteiger partial charge in [-0.05, 0) is 37.1 Å². The van der Waals surface area contributed by atoms with Crippen molar-refractivity contribution in [2.24, 2.45) is 0 Å². The first-order valence-corrected chi connectivity index (χ1v) is 5.55. The van der Waals surface area contributed by atoms with Crippen LogP contribution in [0.5, 0.6) is 0 Å². The van der Waals surface area contributed by atoms with E-state index in [4.69, 9.17) is 16.3 Å². The molecule has 2 atom stereocenters. The molecule has 0 aliphatic heterocycles. The number of hydrogen-bond donors (Lipinski definition) is 1. The summed E-state index contributed by atoms with van der Waals surface area (Å²) in [6.45, 7) is 1.87. The topological polar surface area (TPSA) is 29.5 Å². The second kappa shape index (κ2) is 6.18. The summed E-state index contributed by atoms with van der Waals surface area (Å²) in [5, 5.41) is 10.2. The first-order valence-electron chi connectivity index (χ1n) is 5.17. The fourth-order valence-electron chi connectivity index (χ4n) is 1.52. The van der Waals surface area contributed by atoms with Gasteiger partial charge in [-0.2, -0.15) is 0 Å². The fourth-order valence-corrected chi connectivity index (χ4v) is 1.71. The summed E-state index contributed by atoms with van der Waals surface area (Å²) >= 11 is 5.90. The molecule has 16 heavy (non-hydrogen) atoms. The molecule has 0 saturated carbocycles. The lowest BCUT2D eigenvalue weighted by atomic mass is 10.0. The highest BCUT2D eigenvalue weighted by Gasteiger charge is 2.12. The third kappa shape index (κ3) is 4.08. The van der Waals surface area contributed by atoms with Gasteiger partial charge in [0, 0.05) is 18.6 Å². The maximum atomic E-state index is 13.0. The Morgan fingerprint density at radius 3 is 2.81 bits per heavy atom. The summed E-state index contributed by atoms with van der Waals surface area (Å²) in [6, 6.07) is 4.15. The van der Waals surface area contributed by atoms with Gasteiger partial charge in [0.1, 0.15) is 5.82 Å². The highest BCUT2D eigenvalue weighted by Crippen LogP contribution is 2.20. The van der Waals surface area contributed by atoms with Gasteiger partial charge in [0.15, 0.2) is 0 Å². The Hall–Kier alpha value is -0.640. The van der Waals surface area contributed by atoms with Crippen LogP contribution in [0.4, 0.5) is 4.39 Å². The van der Waals surface area contributed by atoms with Crippen molar-refractivity contribution in [1.82, 2.24) is 0 Å². The first-order chi connectivity index (χ1) is 7.52. The number of halogens is 2. The molecule has 0 aliphatic rings. The quantitative estimate of drug-likeness (QED) is 0.866. The number of benzene rings is 1. The molecule has 4 heteroatoms. The van der Waals surface area contributed by atoms with Gasteiger partial charge in [0.2, 0.25) is 0 Å². The van der Waals surface area contributed by atoms with Crippen molar-refractivity contribution in [3.8, 4) is 0 Å². The second-order valence-corrected chi connectivity index (χ2v) is 4.28. The molecule has 2 nitrogen and oxygen atoms in total. The van der Waals surface area contributed by atoms with Gasteiger partial charge < -0.3 is 9.84 Å². The molecular weight excluding hydrogens is 231 g/mol. The van der Waals surface area contributed by atoms with Crippen LogP contribution in [0.2, 0.25) is 5.02 Å². The predicted octanol–water partition coefficient (Wildman–Crippen LogP) is 2.81. The van der Waals surface area contributed by atoms with Crippen LogP contribution in [0.15, 0.2) is 18.2 Å². The van der Waals surface area contributed by atoms with Gasteiger partial charge in [-0.15, -0.1) is 0 Å². The molecule has 0 spiro atoms. The maximum Gasteiger partial charge on any atom is 0.123 e. The molecule has 0 heterocycles. The number of aliphatic hydroxyl groups excluding tert-OH is 1. The molecule has 0 bridgehead atoms. The van der Waals surface area contributed by atoms with E-state index in [0.717, 1.165) is 0 Å². The third-order valence-corrected chi connectivity index (χ3v) is 2.84. The van der Waals surface area contributed by atoms with Gasteiger partial charge >= 0.3 is 0 Å². The minimum absolute atomic E-state index is 0.0256. The standard InChI is InChI=1S/C12H16ClFO2/c1-8(16-2)5-11(15)7-9-6-10(14)3-4-12(9)13/h3-4,6,8,11,15H,5,7H2,1-2H3. The first kappa shape index (κ1) is 13.4. The van der Waals surface area contributed by atoms with Crippen LogP contribution in [0.3, 0.4) is 0 Å². The van der Waals surface area contributed by atoms with E-state index in [2.05, 4.69) is 0 Å². The lowest BCUT2D eigenvalue weighted by Crippen LogP contribution is -2.19. The molecule has 1 aromatic carbocycles. The third-order valence-electron chi connectivity index (χ3n) is 2.47. The Kier molecular flexibility index (Phi) is 5.19. The summed E-state index contributed by atoms with van der Waals surface area (Å²) < 4.78 is 18.0. The average Bonchev–Trinajstić information content (AvgIpc) is 2.23. The van der Waals surface area contributed by atoms with Crippen molar-refractivity contribution in [2.75, 3.05) is 7.11 Å². The molecule has 1 N–H and O–H groups in total. The lowest BCUT2D eigenvalue weighted by Gasteiger charge is -2.15. The van der Waals surface area contributed by atoms with Crippen LogP contribution in [-0.4, -0.2) is 24.4 Å². The van der Waals surface area contributed by atoms with Gasteiger partial charge in [0.05, 0.1) is 12.2 Å². The number of ether oxygens (including phenoxy) is 1. The Morgan fingerprint density at radius 2 is 2.19 bits per heavy atom. The van der Waals surface area contributed by atoms with Gasteiger partial charge in [-0.25, -0.2) is 4.39 Å². The maximum absolute atomic E-state index is 13.0. The van der Waals surface area contributed by atoms with Gasteiger partial charge in [-0.1, -0.05) is 11.6 Å². The summed E-state index contributed by atoms with van der Waals surface area (Å²) in [6.07, 6.45) is 0.241. The summed E-state index contributed by atoms with van der Waals surface area (Å²) in [7, 11) is 1.59. The van der Waals surface area contributed by atoms with E-state index in [-0.39, 0.29) is 11.9 Å². The average molecular weight is 247 g/mol. The summed E-state index contributed by atoms with van der Waals surface area (Å²) in [5.41, 5.74) is 0.623. The van der Waals surface area contributed by atoms with Gasteiger partial charge in [0.25, 0.3) is 0 Å². The summed E-state index contributed by atoms with van der Waals surface area (Å²) in [5.74, 6) is -0.341. The molecular formula is C12H16ClFO2.